The molecule has 0 radical (unpaired) electrons. The van der Waals surface area contributed by atoms with Gasteiger partial charge in [-0.25, -0.2) is 0 Å². The second kappa shape index (κ2) is 5.09. The van der Waals surface area contributed by atoms with E-state index in [0.29, 0.717) is 12.8 Å². The van der Waals surface area contributed by atoms with Gasteiger partial charge in [-0.1, -0.05) is 6.42 Å². The average molecular weight is 228 g/mol. The number of aldehydes is 1. The van der Waals surface area contributed by atoms with Gasteiger partial charge in [-0.2, -0.15) is 0 Å². The summed E-state index contributed by atoms with van der Waals surface area (Å²) in [7, 11) is 2.53. The maximum Gasteiger partial charge on any atom is 0.313 e. The van der Waals surface area contributed by atoms with E-state index < -0.39 is 23.3 Å². The van der Waals surface area contributed by atoms with Crippen LogP contribution in [0.3, 0.4) is 0 Å². The van der Waals surface area contributed by atoms with Crippen molar-refractivity contribution >= 4 is 18.2 Å². The summed E-state index contributed by atoms with van der Waals surface area (Å²) in [5, 5.41) is 0. The molecule has 0 heterocycles. The molecule has 0 unspecified atom stereocenters. The van der Waals surface area contributed by atoms with Crippen molar-refractivity contribution in [2.45, 2.75) is 25.7 Å². The first-order chi connectivity index (χ1) is 7.60. The number of methoxy groups -OCH3 is 2. The molecule has 16 heavy (non-hydrogen) atoms. The fourth-order valence-corrected chi connectivity index (χ4v) is 2.38. The molecule has 5 heteroatoms. The Hall–Kier alpha value is -1.39. The van der Waals surface area contributed by atoms with E-state index >= 15 is 0 Å². The van der Waals surface area contributed by atoms with Gasteiger partial charge in [0, 0.05) is 5.92 Å². The Morgan fingerprint density at radius 3 is 2.56 bits per heavy atom. The maximum absolute atomic E-state index is 11.8. The molecule has 0 aromatic carbocycles. The zero-order valence-electron chi connectivity index (χ0n) is 9.52. The first-order valence-corrected chi connectivity index (χ1v) is 5.21. The van der Waals surface area contributed by atoms with Gasteiger partial charge in [-0.15, -0.1) is 0 Å². The maximum atomic E-state index is 11.8. The SMILES string of the molecule is COC(=O)C[C@]1(C(=O)OC)CCC[C@H]1C=O. The minimum absolute atomic E-state index is 0.0837. The molecule has 0 bridgehead atoms. The fraction of sp³-hybridized carbons (Fsp3) is 0.727. The van der Waals surface area contributed by atoms with Gasteiger partial charge < -0.3 is 14.3 Å². The highest BCUT2D eigenvalue weighted by molar-refractivity contribution is 5.87. The Morgan fingerprint density at radius 2 is 2.06 bits per heavy atom. The van der Waals surface area contributed by atoms with Crippen LogP contribution < -0.4 is 0 Å². The predicted octanol–water partition coefficient (Wildman–Crippen LogP) is 0.708. The topological polar surface area (TPSA) is 69.7 Å². The van der Waals surface area contributed by atoms with Gasteiger partial charge >= 0.3 is 11.9 Å². The van der Waals surface area contributed by atoms with Crippen molar-refractivity contribution in [1.82, 2.24) is 0 Å². The van der Waals surface area contributed by atoms with Crippen molar-refractivity contribution < 1.29 is 23.9 Å². The lowest BCUT2D eigenvalue weighted by molar-refractivity contribution is -0.162. The molecule has 0 aliphatic heterocycles. The summed E-state index contributed by atoms with van der Waals surface area (Å²) in [4.78, 5) is 34.0. The van der Waals surface area contributed by atoms with Crippen molar-refractivity contribution in [3.05, 3.63) is 0 Å². The van der Waals surface area contributed by atoms with Crippen LogP contribution in [0.1, 0.15) is 25.7 Å². The second-order valence-electron chi connectivity index (χ2n) is 4.04. The molecule has 1 saturated carbocycles. The molecule has 0 saturated heterocycles. The molecular formula is C11H16O5. The van der Waals surface area contributed by atoms with Crippen LogP contribution in [0.4, 0.5) is 0 Å². The summed E-state index contributed by atoms with van der Waals surface area (Å²) >= 11 is 0. The molecule has 5 nitrogen and oxygen atoms in total. The lowest BCUT2D eigenvalue weighted by Gasteiger charge is -2.28. The van der Waals surface area contributed by atoms with Gasteiger partial charge in [0.05, 0.1) is 26.1 Å². The normalized spacial score (nSPS) is 28.5. The van der Waals surface area contributed by atoms with Crippen LogP contribution in [0.5, 0.6) is 0 Å². The van der Waals surface area contributed by atoms with E-state index in [1.807, 2.05) is 0 Å². The quantitative estimate of drug-likeness (QED) is 0.523. The highest BCUT2D eigenvalue weighted by atomic mass is 16.5. The molecular weight excluding hydrogens is 212 g/mol. The highest BCUT2D eigenvalue weighted by Gasteiger charge is 2.51. The van der Waals surface area contributed by atoms with Gasteiger partial charge in [-0.05, 0) is 12.8 Å². The van der Waals surface area contributed by atoms with E-state index in [0.717, 1.165) is 12.7 Å². The summed E-state index contributed by atoms with van der Waals surface area (Å²) in [6, 6.07) is 0. The lowest BCUT2D eigenvalue weighted by atomic mass is 9.75. The van der Waals surface area contributed by atoms with Gasteiger partial charge in [0.25, 0.3) is 0 Å². The minimum atomic E-state index is -1.01. The largest absolute Gasteiger partial charge is 0.469 e. The zero-order chi connectivity index (χ0) is 12.2. The number of carbonyl (C=O) groups excluding carboxylic acids is 3. The Labute approximate surface area is 94.1 Å². The van der Waals surface area contributed by atoms with Crippen molar-refractivity contribution in [2.75, 3.05) is 14.2 Å². The molecule has 0 aromatic heterocycles. The van der Waals surface area contributed by atoms with E-state index in [4.69, 9.17) is 4.74 Å². The number of rotatable bonds is 4. The molecule has 1 fully saturated rings. The molecule has 2 atom stereocenters. The van der Waals surface area contributed by atoms with Crippen molar-refractivity contribution in [3.8, 4) is 0 Å². The molecule has 0 aromatic rings. The second-order valence-corrected chi connectivity index (χ2v) is 4.04. The predicted molar refractivity (Wildman–Crippen MR) is 54.5 cm³/mol. The van der Waals surface area contributed by atoms with E-state index in [2.05, 4.69) is 4.74 Å². The molecule has 1 rings (SSSR count). The Bertz CT molecular complexity index is 299. The third kappa shape index (κ3) is 2.08. The molecule has 1 aliphatic carbocycles. The summed E-state index contributed by atoms with van der Waals surface area (Å²) in [6.45, 7) is 0. The van der Waals surface area contributed by atoms with Crippen LogP contribution in [0.25, 0.3) is 0 Å². The van der Waals surface area contributed by atoms with Gasteiger partial charge in [0.1, 0.15) is 6.29 Å². The van der Waals surface area contributed by atoms with Crippen LogP contribution in [0.2, 0.25) is 0 Å². The van der Waals surface area contributed by atoms with E-state index in [-0.39, 0.29) is 6.42 Å². The number of hydrogen-bond donors (Lipinski definition) is 0. The van der Waals surface area contributed by atoms with E-state index in [9.17, 15) is 14.4 Å². The Morgan fingerprint density at radius 1 is 1.38 bits per heavy atom. The lowest BCUT2D eigenvalue weighted by Crippen LogP contribution is -2.39. The number of hydrogen-bond acceptors (Lipinski definition) is 5. The van der Waals surface area contributed by atoms with Crippen molar-refractivity contribution in [3.63, 3.8) is 0 Å². The van der Waals surface area contributed by atoms with Gasteiger partial charge in [-0.3, -0.25) is 9.59 Å². The van der Waals surface area contributed by atoms with Crippen molar-refractivity contribution in [2.24, 2.45) is 11.3 Å². The number of carbonyl (C=O) groups is 3. The van der Waals surface area contributed by atoms with Gasteiger partial charge in [0.2, 0.25) is 0 Å². The van der Waals surface area contributed by atoms with Crippen LogP contribution in [0.15, 0.2) is 0 Å². The van der Waals surface area contributed by atoms with E-state index in [1.54, 1.807) is 0 Å². The van der Waals surface area contributed by atoms with Crippen LogP contribution >= 0.6 is 0 Å². The fourth-order valence-electron chi connectivity index (χ4n) is 2.38. The molecule has 0 amide bonds. The molecule has 1 aliphatic rings. The monoisotopic (exact) mass is 228 g/mol. The third-order valence-corrected chi connectivity index (χ3v) is 3.29. The molecule has 0 spiro atoms. The molecule has 0 N–H and O–H groups in total. The first kappa shape index (κ1) is 12.7. The number of ether oxygens (including phenoxy) is 2. The van der Waals surface area contributed by atoms with Crippen molar-refractivity contribution in [1.29, 1.82) is 0 Å². The summed E-state index contributed by atoms with van der Waals surface area (Å²) in [5.41, 5.74) is -1.01. The van der Waals surface area contributed by atoms with Crippen LogP contribution in [-0.4, -0.2) is 32.4 Å². The van der Waals surface area contributed by atoms with Crippen LogP contribution in [0, 0.1) is 11.3 Å². The smallest absolute Gasteiger partial charge is 0.313 e. The number of esters is 2. The summed E-state index contributed by atoms with van der Waals surface area (Å²) < 4.78 is 9.27. The Balaban J connectivity index is 2.96. The standard InChI is InChI=1S/C11H16O5/c1-15-9(13)6-11(10(14)16-2)5-3-4-8(11)7-12/h7-8H,3-6H2,1-2H3/t8-,11+/m0/s1. The average Bonchev–Trinajstić information content (AvgIpc) is 2.71. The first-order valence-electron chi connectivity index (χ1n) is 5.21. The third-order valence-electron chi connectivity index (χ3n) is 3.29. The summed E-state index contributed by atoms with van der Waals surface area (Å²) in [5.74, 6) is -1.43. The van der Waals surface area contributed by atoms with Crippen LogP contribution in [-0.2, 0) is 23.9 Å². The van der Waals surface area contributed by atoms with Gasteiger partial charge in [0.15, 0.2) is 0 Å². The van der Waals surface area contributed by atoms with E-state index in [1.165, 1.54) is 14.2 Å². The zero-order valence-corrected chi connectivity index (χ0v) is 9.52. The molecule has 90 valence electrons. The highest BCUT2D eigenvalue weighted by Crippen LogP contribution is 2.46. The summed E-state index contributed by atoms with van der Waals surface area (Å²) in [6.07, 6.45) is 2.52. The Kier molecular flexibility index (Phi) is 4.04. The minimum Gasteiger partial charge on any atom is -0.469 e.